The maximum absolute atomic E-state index is 13.5. The number of hydrogen-bond acceptors (Lipinski definition) is 3. The Bertz CT molecular complexity index is 742. The monoisotopic (exact) mass is 331 g/mol. The van der Waals surface area contributed by atoms with E-state index in [0.29, 0.717) is 10.6 Å². The van der Waals surface area contributed by atoms with Crippen LogP contribution in [0.4, 0.5) is 4.39 Å². The van der Waals surface area contributed by atoms with Gasteiger partial charge in [0, 0.05) is 10.9 Å². The second-order valence-electron chi connectivity index (χ2n) is 5.10. The lowest BCUT2D eigenvalue weighted by Gasteiger charge is -2.22. The molecule has 2 rings (SSSR count). The number of carbonyl (C=O) groups is 1. The van der Waals surface area contributed by atoms with Crippen LogP contribution in [0.5, 0.6) is 0 Å². The molecule has 0 bridgehead atoms. The van der Waals surface area contributed by atoms with Crippen LogP contribution in [0.25, 0.3) is 0 Å². The molecule has 0 aliphatic rings. The number of benzene rings is 2. The summed E-state index contributed by atoms with van der Waals surface area (Å²) >= 11 is 6.02. The molecule has 0 aliphatic carbocycles. The van der Waals surface area contributed by atoms with E-state index in [0.717, 1.165) is 5.56 Å². The Morgan fingerprint density at radius 2 is 1.96 bits per heavy atom. The molecule has 0 heterocycles. The van der Waals surface area contributed by atoms with Gasteiger partial charge in [0.2, 0.25) is 0 Å². The Balaban J connectivity index is 2.46. The third-order valence-corrected chi connectivity index (χ3v) is 3.88. The average Bonchev–Trinajstić information content (AvgIpc) is 2.54. The highest BCUT2D eigenvalue weighted by molar-refractivity contribution is 6.30. The minimum Gasteiger partial charge on any atom is -0.469 e. The summed E-state index contributed by atoms with van der Waals surface area (Å²) in [6.45, 7) is 0. The van der Waals surface area contributed by atoms with Crippen molar-refractivity contribution in [3.63, 3.8) is 0 Å². The number of halogens is 2. The van der Waals surface area contributed by atoms with Crippen LogP contribution in [0.3, 0.4) is 0 Å². The summed E-state index contributed by atoms with van der Waals surface area (Å²) in [6, 6.07) is 15.0. The number of esters is 1. The van der Waals surface area contributed by atoms with Crippen LogP contribution in [-0.4, -0.2) is 13.1 Å². The Kier molecular flexibility index (Phi) is 5.72. The number of ether oxygens (including phenoxy) is 1. The van der Waals surface area contributed by atoms with Crippen LogP contribution in [0.2, 0.25) is 5.02 Å². The molecule has 0 saturated heterocycles. The predicted molar refractivity (Wildman–Crippen MR) is 85.6 cm³/mol. The van der Waals surface area contributed by atoms with Gasteiger partial charge in [-0.1, -0.05) is 35.9 Å². The van der Waals surface area contributed by atoms with Gasteiger partial charge in [-0.2, -0.15) is 5.26 Å². The summed E-state index contributed by atoms with van der Waals surface area (Å²) < 4.78 is 18.2. The van der Waals surface area contributed by atoms with Gasteiger partial charge in [0.15, 0.2) is 0 Å². The molecule has 0 aromatic heterocycles. The number of methoxy groups -OCH3 is 1. The van der Waals surface area contributed by atoms with Gasteiger partial charge in [0.25, 0.3) is 0 Å². The lowest BCUT2D eigenvalue weighted by molar-refractivity contribution is -0.141. The summed E-state index contributed by atoms with van der Waals surface area (Å²) in [5.74, 6) is -2.03. The van der Waals surface area contributed by atoms with Crippen molar-refractivity contribution in [2.24, 2.45) is 0 Å². The van der Waals surface area contributed by atoms with Crippen molar-refractivity contribution >= 4 is 17.6 Å². The fourth-order valence-corrected chi connectivity index (χ4v) is 2.72. The van der Waals surface area contributed by atoms with Crippen LogP contribution in [0, 0.1) is 17.1 Å². The average molecular weight is 332 g/mol. The highest BCUT2D eigenvalue weighted by Gasteiger charge is 2.28. The maximum atomic E-state index is 13.5. The molecular formula is C18H15ClFNO2. The summed E-state index contributed by atoms with van der Waals surface area (Å²) in [7, 11) is 1.29. The number of rotatable bonds is 5. The molecule has 2 aromatic rings. The van der Waals surface area contributed by atoms with Crippen molar-refractivity contribution in [1.29, 1.82) is 5.26 Å². The topological polar surface area (TPSA) is 50.1 Å². The SMILES string of the molecule is COC(=O)CC(c1cccc(Cl)c1)C(C#N)c1cccc(F)c1. The molecule has 0 spiro atoms. The number of nitrogens with zero attached hydrogens (tertiary/aromatic N) is 1. The van der Waals surface area contributed by atoms with Gasteiger partial charge in [-0.3, -0.25) is 4.79 Å². The lowest BCUT2D eigenvalue weighted by Crippen LogP contribution is -2.16. The molecule has 3 nitrogen and oxygen atoms in total. The molecule has 118 valence electrons. The molecule has 0 radical (unpaired) electrons. The fraction of sp³-hybridized carbons (Fsp3) is 0.222. The first-order valence-electron chi connectivity index (χ1n) is 7.02. The minimum absolute atomic E-state index is 0.00554. The molecule has 2 aromatic carbocycles. The largest absolute Gasteiger partial charge is 0.469 e. The fourth-order valence-electron chi connectivity index (χ4n) is 2.53. The standard InChI is InChI=1S/C18H15ClFNO2/c1-23-18(22)10-16(12-4-2-6-14(19)8-12)17(11-21)13-5-3-7-15(20)9-13/h2-9,16-17H,10H2,1H3. The first-order chi connectivity index (χ1) is 11.0. The van der Waals surface area contributed by atoms with E-state index in [2.05, 4.69) is 6.07 Å². The zero-order valence-corrected chi connectivity index (χ0v) is 13.3. The van der Waals surface area contributed by atoms with Crippen molar-refractivity contribution in [1.82, 2.24) is 0 Å². The molecule has 2 atom stereocenters. The van der Waals surface area contributed by atoms with Crippen molar-refractivity contribution in [2.75, 3.05) is 7.11 Å². The number of carbonyl (C=O) groups excluding carboxylic acids is 1. The Hall–Kier alpha value is -2.38. The van der Waals surface area contributed by atoms with E-state index in [1.165, 1.54) is 19.2 Å². The Morgan fingerprint density at radius 1 is 1.26 bits per heavy atom. The molecular weight excluding hydrogens is 317 g/mol. The van der Waals surface area contributed by atoms with Crippen molar-refractivity contribution < 1.29 is 13.9 Å². The normalized spacial score (nSPS) is 13.0. The van der Waals surface area contributed by atoms with Crippen LogP contribution in [-0.2, 0) is 9.53 Å². The van der Waals surface area contributed by atoms with E-state index in [9.17, 15) is 14.4 Å². The molecule has 0 amide bonds. The second kappa shape index (κ2) is 7.75. The van der Waals surface area contributed by atoms with E-state index in [4.69, 9.17) is 16.3 Å². The zero-order valence-electron chi connectivity index (χ0n) is 12.5. The van der Waals surface area contributed by atoms with Gasteiger partial charge in [-0.25, -0.2) is 4.39 Å². The van der Waals surface area contributed by atoms with Gasteiger partial charge in [-0.05, 0) is 35.4 Å². The molecule has 0 aliphatic heterocycles. The highest BCUT2D eigenvalue weighted by atomic mass is 35.5. The molecule has 0 N–H and O–H groups in total. The first kappa shape index (κ1) is 17.0. The number of hydrogen-bond donors (Lipinski definition) is 0. The third kappa shape index (κ3) is 4.30. The van der Waals surface area contributed by atoms with Crippen LogP contribution in [0.15, 0.2) is 48.5 Å². The summed E-state index contributed by atoms with van der Waals surface area (Å²) in [4.78, 5) is 11.8. The smallest absolute Gasteiger partial charge is 0.306 e. The Morgan fingerprint density at radius 3 is 2.57 bits per heavy atom. The zero-order chi connectivity index (χ0) is 16.8. The summed E-state index contributed by atoms with van der Waals surface area (Å²) in [5, 5.41) is 10.1. The third-order valence-electron chi connectivity index (χ3n) is 3.64. The predicted octanol–water partition coefficient (Wildman–Crippen LogP) is 4.43. The molecule has 5 heteroatoms. The van der Waals surface area contributed by atoms with E-state index in [1.807, 2.05) is 0 Å². The van der Waals surface area contributed by atoms with E-state index in [-0.39, 0.29) is 6.42 Å². The van der Waals surface area contributed by atoms with Gasteiger partial charge in [0.1, 0.15) is 5.82 Å². The maximum Gasteiger partial charge on any atom is 0.306 e. The first-order valence-corrected chi connectivity index (χ1v) is 7.40. The van der Waals surface area contributed by atoms with E-state index >= 15 is 0 Å². The summed E-state index contributed by atoms with van der Waals surface area (Å²) in [6.07, 6.45) is 0.00554. The molecule has 0 saturated carbocycles. The van der Waals surface area contributed by atoms with E-state index < -0.39 is 23.6 Å². The van der Waals surface area contributed by atoms with Gasteiger partial charge < -0.3 is 4.74 Å². The van der Waals surface area contributed by atoms with Crippen LogP contribution < -0.4 is 0 Å². The van der Waals surface area contributed by atoms with Crippen molar-refractivity contribution in [3.05, 3.63) is 70.5 Å². The van der Waals surface area contributed by atoms with E-state index in [1.54, 1.807) is 36.4 Å². The highest BCUT2D eigenvalue weighted by Crippen LogP contribution is 2.36. The quantitative estimate of drug-likeness (QED) is 0.761. The van der Waals surface area contributed by atoms with Gasteiger partial charge in [0.05, 0.1) is 25.5 Å². The molecule has 23 heavy (non-hydrogen) atoms. The lowest BCUT2D eigenvalue weighted by atomic mass is 9.80. The van der Waals surface area contributed by atoms with Crippen molar-refractivity contribution in [3.8, 4) is 6.07 Å². The van der Waals surface area contributed by atoms with Crippen LogP contribution >= 0.6 is 11.6 Å². The second-order valence-corrected chi connectivity index (χ2v) is 5.54. The van der Waals surface area contributed by atoms with Crippen molar-refractivity contribution in [2.45, 2.75) is 18.3 Å². The Labute approximate surface area is 139 Å². The molecule has 0 fully saturated rings. The van der Waals surface area contributed by atoms with Gasteiger partial charge in [-0.15, -0.1) is 0 Å². The molecule has 2 unspecified atom stereocenters. The summed E-state index contributed by atoms with van der Waals surface area (Å²) in [5.41, 5.74) is 1.25. The number of nitriles is 1. The van der Waals surface area contributed by atoms with Crippen LogP contribution in [0.1, 0.15) is 29.4 Å². The van der Waals surface area contributed by atoms with Gasteiger partial charge >= 0.3 is 5.97 Å². The minimum atomic E-state index is -0.691.